The van der Waals surface area contributed by atoms with Gasteiger partial charge in [-0.25, -0.2) is 9.59 Å². The van der Waals surface area contributed by atoms with Gasteiger partial charge in [-0.2, -0.15) is 0 Å². The third-order valence-electron chi connectivity index (χ3n) is 2.62. The monoisotopic (exact) mass is 260 g/mol. The van der Waals surface area contributed by atoms with Crippen LogP contribution in [-0.2, 0) is 4.74 Å². The molecule has 0 saturated carbocycles. The van der Waals surface area contributed by atoms with Crippen molar-refractivity contribution in [1.82, 2.24) is 0 Å². The van der Waals surface area contributed by atoms with Crippen molar-refractivity contribution < 1.29 is 18.7 Å². The van der Waals surface area contributed by atoms with Gasteiger partial charge < -0.3 is 9.15 Å². The van der Waals surface area contributed by atoms with Crippen molar-refractivity contribution in [2.24, 2.45) is 0 Å². The van der Waals surface area contributed by atoms with Crippen LogP contribution in [0.15, 0.2) is 33.5 Å². The molecule has 0 fully saturated rings. The number of hydrogen-bond acceptors (Lipinski definition) is 5. The molecule has 98 valence electrons. The number of ether oxygens (including phenoxy) is 1. The highest BCUT2D eigenvalue weighted by Gasteiger charge is 2.12. The lowest BCUT2D eigenvalue weighted by atomic mass is 10.1. The Kier molecular flexibility index (Phi) is 3.46. The van der Waals surface area contributed by atoms with E-state index in [1.54, 1.807) is 6.92 Å². The molecular weight excluding hydrogens is 248 g/mol. The van der Waals surface area contributed by atoms with Crippen molar-refractivity contribution in [3.05, 3.63) is 45.8 Å². The fourth-order valence-electron chi connectivity index (χ4n) is 1.71. The highest BCUT2D eigenvalue weighted by atomic mass is 16.5. The molecule has 0 bridgehead atoms. The molecule has 0 aliphatic carbocycles. The summed E-state index contributed by atoms with van der Waals surface area (Å²) in [7, 11) is 0. The molecule has 0 spiro atoms. The second-order valence-electron chi connectivity index (χ2n) is 3.98. The van der Waals surface area contributed by atoms with Crippen LogP contribution in [0.2, 0.25) is 0 Å². The van der Waals surface area contributed by atoms with Gasteiger partial charge in [-0.15, -0.1) is 0 Å². The maximum Gasteiger partial charge on any atom is 0.347 e. The summed E-state index contributed by atoms with van der Waals surface area (Å²) in [6.07, 6.45) is 0. The largest absolute Gasteiger partial charge is 0.462 e. The van der Waals surface area contributed by atoms with Crippen LogP contribution in [0.4, 0.5) is 0 Å². The molecule has 2 aromatic rings. The van der Waals surface area contributed by atoms with Gasteiger partial charge in [0.15, 0.2) is 5.78 Å². The number of rotatable bonds is 3. The Bertz CT molecular complexity index is 711. The highest BCUT2D eigenvalue weighted by molar-refractivity contribution is 5.98. The molecule has 0 amide bonds. The Hall–Kier alpha value is -2.43. The van der Waals surface area contributed by atoms with Crippen LogP contribution in [0, 0.1) is 0 Å². The molecule has 0 radical (unpaired) electrons. The number of benzene rings is 1. The molecule has 0 aliphatic heterocycles. The lowest BCUT2D eigenvalue weighted by molar-refractivity contribution is 0.0526. The maximum absolute atomic E-state index is 11.6. The summed E-state index contributed by atoms with van der Waals surface area (Å²) < 4.78 is 9.90. The number of fused-ring (bicyclic) bond motifs is 1. The summed E-state index contributed by atoms with van der Waals surface area (Å²) in [6, 6.07) is 5.97. The number of carbonyl (C=O) groups excluding carboxylic acids is 2. The van der Waals surface area contributed by atoms with E-state index in [1.165, 1.54) is 31.2 Å². The second-order valence-corrected chi connectivity index (χ2v) is 3.98. The minimum Gasteiger partial charge on any atom is -0.462 e. The average molecular weight is 260 g/mol. The Morgan fingerprint density at radius 3 is 2.63 bits per heavy atom. The van der Waals surface area contributed by atoms with Crippen molar-refractivity contribution in [1.29, 1.82) is 0 Å². The van der Waals surface area contributed by atoms with Crippen molar-refractivity contribution in [2.45, 2.75) is 13.8 Å². The van der Waals surface area contributed by atoms with Gasteiger partial charge >= 0.3 is 11.6 Å². The fraction of sp³-hybridized carbons (Fsp3) is 0.214. The molecule has 5 heteroatoms. The van der Waals surface area contributed by atoms with E-state index < -0.39 is 11.6 Å². The second kappa shape index (κ2) is 5.06. The van der Waals surface area contributed by atoms with E-state index >= 15 is 0 Å². The first kappa shape index (κ1) is 13.0. The van der Waals surface area contributed by atoms with Crippen LogP contribution in [0.3, 0.4) is 0 Å². The first-order valence-corrected chi connectivity index (χ1v) is 5.79. The predicted molar refractivity (Wildman–Crippen MR) is 68.4 cm³/mol. The van der Waals surface area contributed by atoms with E-state index in [1.807, 2.05) is 0 Å². The molecule has 0 unspecified atom stereocenters. The molecule has 2 rings (SSSR count). The SMILES string of the molecule is CCOC(=O)c1ccc2oc(=O)c(C(C)=O)cc2c1. The Labute approximate surface area is 108 Å². The summed E-state index contributed by atoms with van der Waals surface area (Å²) >= 11 is 0. The lowest BCUT2D eigenvalue weighted by Gasteiger charge is -2.03. The molecule has 1 aromatic carbocycles. The molecule has 0 atom stereocenters. The number of Topliss-reactive ketones (excluding diaryl/α,β-unsaturated/α-hetero) is 1. The molecule has 0 N–H and O–H groups in total. The van der Waals surface area contributed by atoms with Crippen LogP contribution in [-0.4, -0.2) is 18.4 Å². The van der Waals surface area contributed by atoms with Crippen LogP contribution >= 0.6 is 0 Å². The molecule has 0 aliphatic rings. The Morgan fingerprint density at radius 1 is 1.26 bits per heavy atom. The van der Waals surface area contributed by atoms with E-state index in [2.05, 4.69) is 0 Å². The van der Waals surface area contributed by atoms with E-state index in [0.717, 1.165) is 0 Å². The van der Waals surface area contributed by atoms with E-state index in [4.69, 9.17) is 9.15 Å². The smallest absolute Gasteiger partial charge is 0.347 e. The van der Waals surface area contributed by atoms with Gasteiger partial charge in [-0.3, -0.25) is 4.79 Å². The molecule has 1 aromatic heterocycles. The molecular formula is C14H12O5. The van der Waals surface area contributed by atoms with Crippen molar-refractivity contribution in [2.75, 3.05) is 6.61 Å². The summed E-state index contributed by atoms with van der Waals surface area (Å²) in [5, 5.41) is 0.510. The normalized spacial score (nSPS) is 10.4. The standard InChI is InChI=1S/C14H12O5/c1-3-18-13(16)9-4-5-12-10(6-9)7-11(8(2)15)14(17)19-12/h4-7H,3H2,1-2H3. The van der Waals surface area contributed by atoms with Gasteiger partial charge in [0.1, 0.15) is 11.1 Å². The molecule has 19 heavy (non-hydrogen) atoms. The van der Waals surface area contributed by atoms with Crippen LogP contribution < -0.4 is 5.63 Å². The minimum absolute atomic E-state index is 0.0338. The van der Waals surface area contributed by atoms with Gasteiger partial charge in [0.2, 0.25) is 0 Å². The Morgan fingerprint density at radius 2 is 2.00 bits per heavy atom. The van der Waals surface area contributed by atoms with E-state index in [-0.39, 0.29) is 18.0 Å². The maximum atomic E-state index is 11.6. The zero-order valence-electron chi connectivity index (χ0n) is 10.6. The first-order valence-electron chi connectivity index (χ1n) is 5.79. The van der Waals surface area contributed by atoms with Crippen molar-refractivity contribution in [3.8, 4) is 0 Å². The number of ketones is 1. The third-order valence-corrected chi connectivity index (χ3v) is 2.62. The number of esters is 1. The van der Waals surface area contributed by atoms with Crippen LogP contribution in [0.5, 0.6) is 0 Å². The molecule has 0 saturated heterocycles. The van der Waals surface area contributed by atoms with Gasteiger partial charge in [0.05, 0.1) is 12.2 Å². The first-order chi connectivity index (χ1) is 9.02. The fourth-order valence-corrected chi connectivity index (χ4v) is 1.71. The zero-order valence-corrected chi connectivity index (χ0v) is 10.6. The van der Waals surface area contributed by atoms with Gasteiger partial charge in [-0.05, 0) is 38.1 Å². The Balaban J connectivity index is 2.59. The van der Waals surface area contributed by atoms with E-state index in [0.29, 0.717) is 16.5 Å². The van der Waals surface area contributed by atoms with Crippen molar-refractivity contribution in [3.63, 3.8) is 0 Å². The molecule has 1 heterocycles. The minimum atomic E-state index is -0.677. The summed E-state index contributed by atoms with van der Waals surface area (Å²) in [5.74, 6) is -0.836. The van der Waals surface area contributed by atoms with Gasteiger partial charge in [-0.1, -0.05) is 0 Å². The summed E-state index contributed by atoms with van der Waals surface area (Å²) in [6.45, 7) is 3.28. The lowest BCUT2D eigenvalue weighted by Crippen LogP contribution is -2.11. The average Bonchev–Trinajstić information content (AvgIpc) is 2.37. The quantitative estimate of drug-likeness (QED) is 0.480. The predicted octanol–water partition coefficient (Wildman–Crippen LogP) is 2.17. The summed E-state index contributed by atoms with van der Waals surface area (Å²) in [5.41, 5.74) is -0.0434. The number of carbonyl (C=O) groups is 2. The van der Waals surface area contributed by atoms with Gasteiger partial charge in [0.25, 0.3) is 0 Å². The molecule has 5 nitrogen and oxygen atoms in total. The third kappa shape index (κ3) is 2.54. The highest BCUT2D eigenvalue weighted by Crippen LogP contribution is 2.16. The van der Waals surface area contributed by atoms with Crippen molar-refractivity contribution >= 4 is 22.7 Å². The number of hydrogen-bond donors (Lipinski definition) is 0. The van der Waals surface area contributed by atoms with Crippen LogP contribution in [0.25, 0.3) is 11.0 Å². The van der Waals surface area contributed by atoms with E-state index in [9.17, 15) is 14.4 Å². The van der Waals surface area contributed by atoms with Gasteiger partial charge in [0, 0.05) is 5.39 Å². The van der Waals surface area contributed by atoms with Crippen LogP contribution in [0.1, 0.15) is 34.6 Å². The summed E-state index contributed by atoms with van der Waals surface area (Å²) in [4.78, 5) is 34.4. The topological polar surface area (TPSA) is 73.6 Å². The zero-order chi connectivity index (χ0) is 14.0.